The summed E-state index contributed by atoms with van der Waals surface area (Å²) in [5.74, 6) is 0.0841. The van der Waals surface area contributed by atoms with E-state index in [0.29, 0.717) is 11.1 Å². The molecule has 0 unspecified atom stereocenters. The molecule has 8 heteroatoms. The number of para-hydroxylation sites is 1. The molecule has 20 heavy (non-hydrogen) atoms. The molecule has 3 rings (SSSR count). The first kappa shape index (κ1) is 12.0. The lowest BCUT2D eigenvalue weighted by molar-refractivity contribution is -0.114. The summed E-state index contributed by atoms with van der Waals surface area (Å²) in [7, 11) is 0. The average molecular weight is 271 g/mol. The fourth-order valence-corrected chi connectivity index (χ4v) is 1.84. The topological polar surface area (TPSA) is 114 Å². The van der Waals surface area contributed by atoms with Crippen LogP contribution in [0.2, 0.25) is 0 Å². The van der Waals surface area contributed by atoms with Gasteiger partial charge in [-0.05, 0) is 17.3 Å². The molecule has 8 nitrogen and oxygen atoms in total. The van der Waals surface area contributed by atoms with E-state index >= 15 is 0 Å². The minimum atomic E-state index is -0.259. The Balaban J connectivity index is 2.28. The highest BCUT2D eigenvalue weighted by Crippen LogP contribution is 2.25. The minimum Gasteiger partial charge on any atom is -0.450 e. The predicted octanol–water partition coefficient (Wildman–Crippen LogP) is 0.931. The number of carbonyl (C=O) groups excluding carboxylic acids is 1. The zero-order valence-electron chi connectivity index (χ0n) is 10.4. The molecule has 1 aromatic carbocycles. The van der Waals surface area contributed by atoms with E-state index in [4.69, 9.17) is 4.42 Å². The molecule has 0 spiro atoms. The second-order valence-corrected chi connectivity index (χ2v) is 4.07. The number of nitrogens with zero attached hydrogens (tertiary/aromatic N) is 3. The normalized spacial score (nSPS) is 10.7. The third kappa shape index (κ3) is 2.03. The first-order valence-electron chi connectivity index (χ1n) is 5.73. The van der Waals surface area contributed by atoms with Crippen molar-refractivity contribution in [3.63, 3.8) is 0 Å². The number of amides is 1. The predicted molar refractivity (Wildman–Crippen MR) is 70.0 cm³/mol. The first-order valence-corrected chi connectivity index (χ1v) is 5.73. The third-order valence-corrected chi connectivity index (χ3v) is 2.63. The molecule has 0 fully saturated rings. The van der Waals surface area contributed by atoms with E-state index in [-0.39, 0.29) is 28.5 Å². The summed E-state index contributed by atoms with van der Waals surface area (Å²) < 4.78 is 5.62. The highest BCUT2D eigenvalue weighted by atomic mass is 16.3. The highest BCUT2D eigenvalue weighted by Gasteiger charge is 2.13. The molecule has 2 aromatic heterocycles. The summed E-state index contributed by atoms with van der Waals surface area (Å²) in [6.07, 6.45) is 0. The molecule has 0 aliphatic rings. The quantitative estimate of drug-likeness (QED) is 0.716. The average Bonchev–Trinajstić information content (AvgIpc) is 2.93. The van der Waals surface area contributed by atoms with Gasteiger partial charge in [0.2, 0.25) is 11.7 Å². The second-order valence-electron chi connectivity index (χ2n) is 4.07. The number of carbonyl (C=O) groups is 1. The van der Waals surface area contributed by atoms with Crippen molar-refractivity contribution in [2.45, 2.75) is 6.92 Å². The van der Waals surface area contributed by atoms with Gasteiger partial charge in [-0.3, -0.25) is 9.59 Å². The number of hydrogen-bond donors (Lipinski definition) is 2. The van der Waals surface area contributed by atoms with Crippen LogP contribution in [-0.2, 0) is 4.79 Å². The Morgan fingerprint density at radius 2 is 2.25 bits per heavy atom. The number of fused-ring (bicyclic) bond motifs is 1. The molecule has 0 bridgehead atoms. The maximum atomic E-state index is 12.1. The number of aromatic nitrogens is 4. The van der Waals surface area contributed by atoms with E-state index in [1.807, 2.05) is 0 Å². The molecule has 2 heterocycles. The van der Waals surface area contributed by atoms with Crippen LogP contribution in [0.15, 0.2) is 33.5 Å². The number of hydrogen-bond acceptors (Lipinski definition) is 6. The molecule has 0 atom stereocenters. The van der Waals surface area contributed by atoms with Crippen LogP contribution >= 0.6 is 0 Å². The largest absolute Gasteiger partial charge is 0.450 e. The fourth-order valence-electron chi connectivity index (χ4n) is 1.84. The highest BCUT2D eigenvalue weighted by molar-refractivity contribution is 5.98. The Hall–Kier alpha value is -3.03. The van der Waals surface area contributed by atoms with Gasteiger partial charge in [-0.2, -0.15) is 5.21 Å². The first-order chi connectivity index (χ1) is 9.65. The Morgan fingerprint density at radius 3 is 2.95 bits per heavy atom. The van der Waals surface area contributed by atoms with Crippen LogP contribution in [0, 0.1) is 0 Å². The molecule has 1 amide bonds. The van der Waals surface area contributed by atoms with Gasteiger partial charge < -0.3 is 9.73 Å². The van der Waals surface area contributed by atoms with Gasteiger partial charge in [0, 0.05) is 13.0 Å². The molecule has 100 valence electrons. The van der Waals surface area contributed by atoms with E-state index in [1.54, 1.807) is 18.2 Å². The molecule has 0 saturated heterocycles. The smallest absolute Gasteiger partial charge is 0.239 e. The Morgan fingerprint density at radius 1 is 1.40 bits per heavy atom. The standard InChI is InChI=1S/C12H9N5O3/c1-6(18)13-8-4-2-3-7-9(19)5-10(20-11(7)8)12-14-16-17-15-12/h2-5H,1H3,(H,13,18)(H,14,15,16,17). The van der Waals surface area contributed by atoms with Gasteiger partial charge >= 0.3 is 0 Å². The minimum absolute atomic E-state index is 0.168. The van der Waals surface area contributed by atoms with Gasteiger partial charge in [0.15, 0.2) is 16.8 Å². The van der Waals surface area contributed by atoms with Gasteiger partial charge in [-0.1, -0.05) is 6.07 Å². The van der Waals surface area contributed by atoms with Crippen molar-refractivity contribution in [2.75, 3.05) is 5.32 Å². The SMILES string of the molecule is CC(=O)Nc1cccc2c(=O)cc(-c3nn[nH]n3)oc12. The second kappa shape index (κ2) is 4.57. The van der Waals surface area contributed by atoms with Crippen LogP contribution in [0.5, 0.6) is 0 Å². The van der Waals surface area contributed by atoms with E-state index in [2.05, 4.69) is 25.9 Å². The molecule has 3 aromatic rings. The van der Waals surface area contributed by atoms with E-state index in [9.17, 15) is 9.59 Å². The van der Waals surface area contributed by atoms with Crippen LogP contribution < -0.4 is 10.7 Å². The number of aromatic amines is 1. The van der Waals surface area contributed by atoms with Crippen molar-refractivity contribution in [3.05, 3.63) is 34.5 Å². The van der Waals surface area contributed by atoms with Crippen LogP contribution in [0.25, 0.3) is 22.6 Å². The summed E-state index contributed by atoms with van der Waals surface area (Å²) in [6, 6.07) is 6.21. The fraction of sp³-hybridized carbons (Fsp3) is 0.0833. The zero-order valence-corrected chi connectivity index (χ0v) is 10.4. The van der Waals surface area contributed by atoms with Gasteiger partial charge in [-0.15, -0.1) is 10.2 Å². The number of anilines is 1. The summed E-state index contributed by atoms with van der Waals surface area (Å²) in [5, 5.41) is 16.2. The summed E-state index contributed by atoms with van der Waals surface area (Å²) in [5.41, 5.74) is 0.436. The van der Waals surface area contributed by atoms with Gasteiger partial charge in [0.25, 0.3) is 0 Å². The monoisotopic (exact) mass is 271 g/mol. The Labute approximate surface area is 111 Å². The lowest BCUT2D eigenvalue weighted by Crippen LogP contribution is -2.08. The van der Waals surface area contributed by atoms with Crippen LogP contribution in [0.1, 0.15) is 6.92 Å². The summed E-state index contributed by atoms with van der Waals surface area (Å²) in [6.45, 7) is 1.37. The van der Waals surface area contributed by atoms with Crippen LogP contribution in [-0.4, -0.2) is 26.5 Å². The van der Waals surface area contributed by atoms with Gasteiger partial charge in [0.1, 0.15) is 0 Å². The van der Waals surface area contributed by atoms with Crippen molar-refractivity contribution >= 4 is 22.6 Å². The third-order valence-electron chi connectivity index (χ3n) is 2.63. The van der Waals surface area contributed by atoms with Gasteiger partial charge in [0.05, 0.1) is 11.1 Å². The van der Waals surface area contributed by atoms with Crippen LogP contribution in [0.4, 0.5) is 5.69 Å². The van der Waals surface area contributed by atoms with Crippen molar-refractivity contribution in [1.29, 1.82) is 0 Å². The number of tetrazole rings is 1. The molecule has 0 aliphatic carbocycles. The Bertz CT molecular complexity index is 838. The van der Waals surface area contributed by atoms with E-state index in [1.165, 1.54) is 13.0 Å². The number of rotatable bonds is 2. The summed E-state index contributed by atoms with van der Waals surface area (Å²) >= 11 is 0. The van der Waals surface area contributed by atoms with Crippen molar-refractivity contribution in [3.8, 4) is 11.6 Å². The number of nitrogens with one attached hydrogen (secondary N) is 2. The lowest BCUT2D eigenvalue weighted by Gasteiger charge is -2.06. The van der Waals surface area contributed by atoms with E-state index < -0.39 is 0 Å². The summed E-state index contributed by atoms with van der Waals surface area (Å²) in [4.78, 5) is 23.3. The van der Waals surface area contributed by atoms with E-state index in [0.717, 1.165) is 0 Å². The molecule has 0 aliphatic heterocycles. The maximum absolute atomic E-state index is 12.1. The molecule has 2 N–H and O–H groups in total. The van der Waals surface area contributed by atoms with Crippen molar-refractivity contribution < 1.29 is 9.21 Å². The van der Waals surface area contributed by atoms with Crippen molar-refractivity contribution in [1.82, 2.24) is 20.6 Å². The number of benzene rings is 1. The van der Waals surface area contributed by atoms with Crippen LogP contribution in [0.3, 0.4) is 0 Å². The number of H-pyrrole nitrogens is 1. The maximum Gasteiger partial charge on any atom is 0.239 e. The molecule has 0 radical (unpaired) electrons. The molecule has 0 saturated carbocycles. The lowest BCUT2D eigenvalue weighted by atomic mass is 10.2. The van der Waals surface area contributed by atoms with Gasteiger partial charge in [-0.25, -0.2) is 0 Å². The molecular formula is C12H9N5O3. The molecular weight excluding hydrogens is 262 g/mol. The Kier molecular flexibility index (Phi) is 2.75. The zero-order chi connectivity index (χ0) is 14.1. The van der Waals surface area contributed by atoms with Crippen molar-refractivity contribution in [2.24, 2.45) is 0 Å².